The van der Waals surface area contributed by atoms with Gasteiger partial charge in [0.2, 0.25) is 5.89 Å². The molecule has 0 aliphatic rings. The van der Waals surface area contributed by atoms with Crippen molar-refractivity contribution in [2.45, 2.75) is 39.3 Å². The van der Waals surface area contributed by atoms with E-state index >= 15 is 0 Å². The molecule has 0 radical (unpaired) electrons. The summed E-state index contributed by atoms with van der Waals surface area (Å²) in [5.74, 6) is 0.651. The second-order valence-electron chi connectivity index (χ2n) is 4.97. The molecule has 5 nitrogen and oxygen atoms in total. The minimum Gasteiger partial charge on any atom is -0.439 e. The number of para-hydroxylation sites is 1. The number of aliphatic hydroxyl groups excluding tert-OH is 1. The van der Waals surface area contributed by atoms with Gasteiger partial charge in [-0.3, -0.25) is 4.90 Å². The van der Waals surface area contributed by atoms with Crippen molar-refractivity contribution in [1.82, 2.24) is 9.88 Å². The highest BCUT2D eigenvalue weighted by Gasteiger charge is 2.18. The van der Waals surface area contributed by atoms with Crippen LogP contribution in [0.5, 0.6) is 0 Å². The summed E-state index contributed by atoms with van der Waals surface area (Å²) in [7, 11) is 0. The number of anilines is 1. The van der Waals surface area contributed by atoms with E-state index in [4.69, 9.17) is 10.2 Å². The molecule has 3 N–H and O–H groups in total. The summed E-state index contributed by atoms with van der Waals surface area (Å²) in [6, 6.07) is 5.98. The van der Waals surface area contributed by atoms with E-state index in [1.54, 1.807) is 0 Å². The average molecular weight is 277 g/mol. The fourth-order valence-corrected chi connectivity index (χ4v) is 2.58. The zero-order chi connectivity index (χ0) is 14.5. The van der Waals surface area contributed by atoms with Crippen molar-refractivity contribution >= 4 is 16.8 Å². The maximum absolute atomic E-state index is 9.23. The van der Waals surface area contributed by atoms with E-state index in [2.05, 4.69) is 23.7 Å². The van der Waals surface area contributed by atoms with Crippen molar-refractivity contribution in [1.29, 1.82) is 0 Å². The molecule has 0 bridgehead atoms. The van der Waals surface area contributed by atoms with Gasteiger partial charge in [-0.05, 0) is 25.0 Å². The quantitative estimate of drug-likeness (QED) is 0.760. The highest BCUT2D eigenvalue weighted by Crippen LogP contribution is 2.22. The largest absolute Gasteiger partial charge is 0.439 e. The fraction of sp³-hybridized carbons (Fsp3) is 0.533. The summed E-state index contributed by atoms with van der Waals surface area (Å²) < 4.78 is 5.75. The van der Waals surface area contributed by atoms with Crippen molar-refractivity contribution in [3.8, 4) is 0 Å². The molecule has 20 heavy (non-hydrogen) atoms. The van der Waals surface area contributed by atoms with Gasteiger partial charge in [0.1, 0.15) is 5.52 Å². The number of nitrogens with zero attached hydrogens (tertiary/aromatic N) is 2. The van der Waals surface area contributed by atoms with Crippen molar-refractivity contribution in [3.63, 3.8) is 0 Å². The van der Waals surface area contributed by atoms with E-state index in [1.807, 2.05) is 18.2 Å². The van der Waals surface area contributed by atoms with Crippen LogP contribution in [-0.2, 0) is 6.54 Å². The summed E-state index contributed by atoms with van der Waals surface area (Å²) in [5, 5.41) is 9.23. The lowest BCUT2D eigenvalue weighted by molar-refractivity contribution is 0.127. The SMILES string of the molecule is CCC(CC)N(CCO)Cc1nc2c(N)cccc2o1. The van der Waals surface area contributed by atoms with Crippen molar-refractivity contribution in [3.05, 3.63) is 24.1 Å². The lowest BCUT2D eigenvalue weighted by Gasteiger charge is -2.28. The van der Waals surface area contributed by atoms with E-state index in [1.165, 1.54) is 0 Å². The fourth-order valence-electron chi connectivity index (χ4n) is 2.58. The molecule has 2 rings (SSSR count). The maximum atomic E-state index is 9.23. The van der Waals surface area contributed by atoms with E-state index in [9.17, 15) is 5.11 Å². The van der Waals surface area contributed by atoms with Crippen molar-refractivity contribution < 1.29 is 9.52 Å². The van der Waals surface area contributed by atoms with Gasteiger partial charge in [0.05, 0.1) is 18.8 Å². The number of nitrogens with two attached hydrogens (primary N) is 1. The van der Waals surface area contributed by atoms with Crippen molar-refractivity contribution in [2.75, 3.05) is 18.9 Å². The molecule has 2 aromatic rings. The molecule has 0 atom stereocenters. The predicted molar refractivity (Wildman–Crippen MR) is 80.3 cm³/mol. The lowest BCUT2D eigenvalue weighted by atomic mass is 10.1. The van der Waals surface area contributed by atoms with Crippen LogP contribution in [0, 0.1) is 0 Å². The Hall–Kier alpha value is -1.59. The number of oxazole rings is 1. The molecule has 0 fully saturated rings. The Kier molecular flexibility index (Phi) is 4.98. The maximum Gasteiger partial charge on any atom is 0.209 e. The Morgan fingerprint density at radius 2 is 2.10 bits per heavy atom. The van der Waals surface area contributed by atoms with Gasteiger partial charge in [0.25, 0.3) is 0 Å². The van der Waals surface area contributed by atoms with Crippen LogP contribution in [0.4, 0.5) is 5.69 Å². The second kappa shape index (κ2) is 6.72. The zero-order valence-corrected chi connectivity index (χ0v) is 12.2. The Morgan fingerprint density at radius 3 is 2.70 bits per heavy atom. The average Bonchev–Trinajstić information content (AvgIpc) is 2.84. The first-order valence-corrected chi connectivity index (χ1v) is 7.18. The van der Waals surface area contributed by atoms with Crippen LogP contribution in [0.3, 0.4) is 0 Å². The molecule has 0 unspecified atom stereocenters. The Labute approximate surface area is 119 Å². The van der Waals surface area contributed by atoms with Crippen LogP contribution >= 0.6 is 0 Å². The molecule has 1 aromatic carbocycles. The second-order valence-corrected chi connectivity index (χ2v) is 4.97. The first-order valence-electron chi connectivity index (χ1n) is 7.18. The molecule has 1 aromatic heterocycles. The van der Waals surface area contributed by atoms with E-state index in [-0.39, 0.29) is 6.61 Å². The van der Waals surface area contributed by atoms with Crippen LogP contribution in [0.15, 0.2) is 22.6 Å². The van der Waals surface area contributed by atoms with Gasteiger partial charge in [-0.2, -0.15) is 0 Å². The highest BCUT2D eigenvalue weighted by molar-refractivity contribution is 5.85. The predicted octanol–water partition coefficient (Wildman–Crippen LogP) is 2.39. The summed E-state index contributed by atoms with van der Waals surface area (Å²) in [6.45, 7) is 5.67. The van der Waals surface area contributed by atoms with E-state index < -0.39 is 0 Å². The van der Waals surface area contributed by atoms with Gasteiger partial charge in [0, 0.05) is 12.6 Å². The standard InChI is InChI=1S/C15H23N3O2/c1-3-11(4-2)18(8-9-19)10-14-17-15-12(16)6-5-7-13(15)20-14/h5-7,11,19H,3-4,8-10,16H2,1-2H3. The number of nitrogen functional groups attached to an aromatic ring is 1. The van der Waals surface area contributed by atoms with Gasteiger partial charge in [-0.15, -0.1) is 0 Å². The monoisotopic (exact) mass is 277 g/mol. The molecule has 1 heterocycles. The summed E-state index contributed by atoms with van der Waals surface area (Å²) in [4.78, 5) is 6.68. The van der Waals surface area contributed by atoms with E-state index in [0.717, 1.165) is 18.4 Å². The summed E-state index contributed by atoms with van der Waals surface area (Å²) in [6.07, 6.45) is 2.08. The molecule has 0 saturated heterocycles. The number of hydrogen-bond acceptors (Lipinski definition) is 5. The number of benzene rings is 1. The summed E-state index contributed by atoms with van der Waals surface area (Å²) >= 11 is 0. The van der Waals surface area contributed by atoms with Gasteiger partial charge in [-0.1, -0.05) is 19.9 Å². The molecule has 0 amide bonds. The summed E-state index contributed by atoms with van der Waals surface area (Å²) in [5.41, 5.74) is 7.96. The molecule has 0 aliphatic heterocycles. The Morgan fingerprint density at radius 1 is 1.35 bits per heavy atom. The topological polar surface area (TPSA) is 75.5 Å². The molecule has 110 valence electrons. The highest BCUT2D eigenvalue weighted by atomic mass is 16.3. The first kappa shape index (κ1) is 14.8. The zero-order valence-electron chi connectivity index (χ0n) is 12.2. The molecule has 5 heteroatoms. The number of hydrogen-bond donors (Lipinski definition) is 2. The third kappa shape index (κ3) is 3.11. The molecule has 0 saturated carbocycles. The van der Waals surface area contributed by atoms with Crippen LogP contribution in [0.25, 0.3) is 11.1 Å². The number of aromatic nitrogens is 1. The molecule has 0 aliphatic carbocycles. The molecule has 0 spiro atoms. The Bertz CT molecular complexity index is 549. The van der Waals surface area contributed by atoms with Crippen molar-refractivity contribution in [2.24, 2.45) is 0 Å². The number of aliphatic hydroxyl groups is 1. The third-order valence-electron chi connectivity index (χ3n) is 3.68. The first-order chi connectivity index (χ1) is 9.69. The van der Waals surface area contributed by atoms with Gasteiger partial charge >= 0.3 is 0 Å². The van der Waals surface area contributed by atoms with Gasteiger partial charge in [0.15, 0.2) is 5.58 Å². The van der Waals surface area contributed by atoms with Gasteiger partial charge in [-0.25, -0.2) is 4.98 Å². The normalized spacial score (nSPS) is 11.8. The van der Waals surface area contributed by atoms with Crippen LogP contribution in [0.1, 0.15) is 32.6 Å². The smallest absolute Gasteiger partial charge is 0.209 e. The molecular weight excluding hydrogens is 254 g/mol. The van der Waals surface area contributed by atoms with Crippen LogP contribution < -0.4 is 5.73 Å². The minimum atomic E-state index is 0.138. The molecular formula is C15H23N3O2. The van der Waals surface area contributed by atoms with Crippen LogP contribution in [-0.4, -0.2) is 34.2 Å². The number of fused-ring (bicyclic) bond motifs is 1. The third-order valence-corrected chi connectivity index (χ3v) is 3.68. The Balaban J connectivity index is 2.21. The van der Waals surface area contributed by atoms with Crippen LogP contribution in [0.2, 0.25) is 0 Å². The van der Waals surface area contributed by atoms with E-state index in [0.29, 0.717) is 36.3 Å². The van der Waals surface area contributed by atoms with Gasteiger partial charge < -0.3 is 15.3 Å². The number of rotatable bonds is 7. The minimum absolute atomic E-state index is 0.138. The lowest BCUT2D eigenvalue weighted by Crippen LogP contribution is -2.36.